The van der Waals surface area contributed by atoms with Crippen LogP contribution in [0.15, 0.2) is 18.2 Å². The fraction of sp³-hybridized carbons (Fsp3) is 0.600. The molecule has 1 rings (SSSR count). The molecule has 0 radical (unpaired) electrons. The normalized spacial score (nSPS) is 14.5. The van der Waals surface area contributed by atoms with Crippen LogP contribution in [-0.2, 0) is 0 Å². The molecule has 0 heterocycles. The van der Waals surface area contributed by atoms with Gasteiger partial charge in [-0.15, -0.1) is 0 Å². The predicted octanol–water partition coefficient (Wildman–Crippen LogP) is 3.19. The summed E-state index contributed by atoms with van der Waals surface area (Å²) in [6.45, 7) is 7.01. The predicted molar refractivity (Wildman–Crippen MR) is 73.0 cm³/mol. The van der Waals surface area contributed by atoms with Crippen LogP contribution in [-0.4, -0.2) is 18.3 Å². The monoisotopic (exact) mass is 253 g/mol. The number of hydrogen-bond donors (Lipinski definition) is 2. The summed E-state index contributed by atoms with van der Waals surface area (Å²) in [5.41, 5.74) is 1.65. The Morgan fingerprint density at radius 2 is 2.11 bits per heavy atom. The zero-order valence-electron chi connectivity index (χ0n) is 11.5. The molecule has 3 heteroatoms. The maximum Gasteiger partial charge on any atom is 0.126 e. The van der Waals surface area contributed by atoms with E-state index >= 15 is 0 Å². The van der Waals surface area contributed by atoms with Gasteiger partial charge in [-0.25, -0.2) is 4.39 Å². The van der Waals surface area contributed by atoms with Crippen LogP contribution in [0.5, 0.6) is 0 Å². The minimum Gasteiger partial charge on any atom is -0.396 e. The molecule has 2 nitrogen and oxygen atoms in total. The summed E-state index contributed by atoms with van der Waals surface area (Å²) in [5, 5.41) is 12.3. The Kier molecular flexibility index (Phi) is 6.30. The highest BCUT2D eigenvalue weighted by Crippen LogP contribution is 2.17. The fourth-order valence-electron chi connectivity index (χ4n) is 1.97. The van der Waals surface area contributed by atoms with Gasteiger partial charge in [0.25, 0.3) is 0 Å². The number of nitrogens with one attached hydrogen (secondary N) is 1. The molecule has 0 bridgehead atoms. The number of aliphatic hydroxyl groups is 1. The molecule has 0 aliphatic carbocycles. The van der Waals surface area contributed by atoms with Gasteiger partial charge in [0.15, 0.2) is 0 Å². The Labute approximate surface area is 109 Å². The average molecular weight is 253 g/mol. The lowest BCUT2D eigenvalue weighted by Gasteiger charge is -2.19. The highest BCUT2D eigenvalue weighted by Gasteiger charge is 2.10. The topological polar surface area (TPSA) is 32.3 Å². The molecule has 2 unspecified atom stereocenters. The number of aryl methyl sites for hydroxylation is 1. The second-order valence-electron chi connectivity index (χ2n) is 4.93. The third-order valence-corrected chi connectivity index (χ3v) is 3.52. The fourth-order valence-corrected chi connectivity index (χ4v) is 1.97. The van der Waals surface area contributed by atoms with Crippen LogP contribution in [0, 0.1) is 18.7 Å². The van der Waals surface area contributed by atoms with Crippen molar-refractivity contribution >= 4 is 0 Å². The summed E-state index contributed by atoms with van der Waals surface area (Å²) in [6.07, 6.45) is 1.86. The van der Waals surface area contributed by atoms with Crippen molar-refractivity contribution in [2.75, 3.05) is 13.2 Å². The van der Waals surface area contributed by atoms with Crippen LogP contribution in [0.3, 0.4) is 0 Å². The maximum absolute atomic E-state index is 13.5. The summed E-state index contributed by atoms with van der Waals surface area (Å²) >= 11 is 0. The average Bonchev–Trinajstić information content (AvgIpc) is 2.37. The molecule has 102 valence electrons. The Hall–Kier alpha value is -0.930. The van der Waals surface area contributed by atoms with Crippen LogP contribution < -0.4 is 5.32 Å². The van der Waals surface area contributed by atoms with E-state index in [1.165, 1.54) is 0 Å². The quantitative estimate of drug-likeness (QED) is 0.782. The zero-order chi connectivity index (χ0) is 13.5. The second-order valence-corrected chi connectivity index (χ2v) is 4.93. The van der Waals surface area contributed by atoms with Crippen LogP contribution in [0.4, 0.5) is 4.39 Å². The van der Waals surface area contributed by atoms with Gasteiger partial charge >= 0.3 is 0 Å². The van der Waals surface area contributed by atoms with Crippen molar-refractivity contribution in [2.45, 2.75) is 39.7 Å². The Balaban J connectivity index is 2.53. The molecule has 0 fully saturated rings. The van der Waals surface area contributed by atoms with Crippen LogP contribution in [0.25, 0.3) is 0 Å². The van der Waals surface area contributed by atoms with Gasteiger partial charge in [-0.1, -0.05) is 25.5 Å². The Morgan fingerprint density at radius 1 is 1.39 bits per heavy atom. The van der Waals surface area contributed by atoms with E-state index in [0.717, 1.165) is 24.9 Å². The van der Waals surface area contributed by atoms with E-state index < -0.39 is 0 Å². The van der Waals surface area contributed by atoms with Gasteiger partial charge < -0.3 is 10.4 Å². The van der Waals surface area contributed by atoms with Crippen molar-refractivity contribution in [1.82, 2.24) is 5.32 Å². The maximum atomic E-state index is 13.5. The van der Waals surface area contributed by atoms with E-state index in [1.54, 1.807) is 13.0 Å². The van der Waals surface area contributed by atoms with Gasteiger partial charge in [-0.05, 0) is 49.9 Å². The van der Waals surface area contributed by atoms with E-state index in [1.807, 2.05) is 19.1 Å². The van der Waals surface area contributed by atoms with E-state index in [2.05, 4.69) is 12.2 Å². The molecular weight excluding hydrogens is 229 g/mol. The Morgan fingerprint density at radius 3 is 2.67 bits per heavy atom. The smallest absolute Gasteiger partial charge is 0.126 e. The van der Waals surface area contributed by atoms with E-state index in [-0.39, 0.29) is 18.5 Å². The summed E-state index contributed by atoms with van der Waals surface area (Å²) in [4.78, 5) is 0. The van der Waals surface area contributed by atoms with E-state index in [0.29, 0.717) is 11.5 Å². The molecule has 18 heavy (non-hydrogen) atoms. The third kappa shape index (κ3) is 4.39. The summed E-state index contributed by atoms with van der Waals surface area (Å²) in [5.74, 6) is 0.330. The van der Waals surface area contributed by atoms with E-state index in [9.17, 15) is 4.39 Å². The highest BCUT2D eigenvalue weighted by atomic mass is 19.1. The first-order valence-corrected chi connectivity index (χ1v) is 6.68. The van der Waals surface area contributed by atoms with Crippen LogP contribution in [0.2, 0.25) is 0 Å². The van der Waals surface area contributed by atoms with Crippen LogP contribution >= 0.6 is 0 Å². The van der Waals surface area contributed by atoms with Gasteiger partial charge in [-0.2, -0.15) is 0 Å². The van der Waals surface area contributed by atoms with Gasteiger partial charge in [0, 0.05) is 12.6 Å². The minimum absolute atomic E-state index is 0.132. The van der Waals surface area contributed by atoms with Crippen molar-refractivity contribution < 1.29 is 9.50 Å². The van der Waals surface area contributed by atoms with Gasteiger partial charge in [0.1, 0.15) is 5.82 Å². The van der Waals surface area contributed by atoms with Crippen molar-refractivity contribution in [2.24, 2.45) is 5.92 Å². The molecule has 0 amide bonds. The number of rotatable bonds is 7. The molecule has 2 N–H and O–H groups in total. The largest absolute Gasteiger partial charge is 0.396 e. The van der Waals surface area contributed by atoms with Gasteiger partial charge in [0.2, 0.25) is 0 Å². The van der Waals surface area contributed by atoms with Crippen molar-refractivity contribution in [3.8, 4) is 0 Å². The number of aliphatic hydroxyl groups excluding tert-OH is 1. The SMILES string of the molecule is CCC(CCO)CNC(C)c1ccc(C)c(F)c1. The standard InChI is InChI=1S/C15H24FNO/c1-4-13(7-8-18)10-17-12(3)14-6-5-11(2)15(16)9-14/h5-6,9,12-13,17-18H,4,7-8,10H2,1-3H3. The lowest BCUT2D eigenvalue weighted by atomic mass is 10.0. The molecule has 0 aliphatic rings. The molecule has 0 saturated carbocycles. The van der Waals surface area contributed by atoms with Crippen molar-refractivity contribution in [1.29, 1.82) is 0 Å². The first-order valence-electron chi connectivity index (χ1n) is 6.68. The van der Waals surface area contributed by atoms with Crippen molar-refractivity contribution in [3.63, 3.8) is 0 Å². The molecular formula is C15H24FNO. The molecule has 0 aromatic heterocycles. The van der Waals surface area contributed by atoms with Gasteiger partial charge in [-0.3, -0.25) is 0 Å². The lowest BCUT2D eigenvalue weighted by molar-refractivity contribution is 0.249. The lowest BCUT2D eigenvalue weighted by Crippen LogP contribution is -2.26. The highest BCUT2D eigenvalue weighted by molar-refractivity contribution is 5.25. The summed E-state index contributed by atoms with van der Waals surface area (Å²) in [6, 6.07) is 5.50. The van der Waals surface area contributed by atoms with Crippen LogP contribution in [0.1, 0.15) is 43.9 Å². The van der Waals surface area contributed by atoms with Crippen molar-refractivity contribution in [3.05, 3.63) is 35.1 Å². The summed E-state index contributed by atoms with van der Waals surface area (Å²) in [7, 11) is 0. The first-order chi connectivity index (χ1) is 8.58. The molecule has 1 aromatic rings. The number of halogens is 1. The molecule has 0 saturated heterocycles. The summed E-state index contributed by atoms with van der Waals surface area (Å²) < 4.78 is 13.5. The Bertz CT molecular complexity index is 368. The minimum atomic E-state index is -0.149. The molecule has 0 spiro atoms. The number of hydrogen-bond acceptors (Lipinski definition) is 2. The molecule has 0 aliphatic heterocycles. The molecule has 2 atom stereocenters. The third-order valence-electron chi connectivity index (χ3n) is 3.52. The van der Waals surface area contributed by atoms with Gasteiger partial charge in [0.05, 0.1) is 0 Å². The van der Waals surface area contributed by atoms with E-state index in [4.69, 9.17) is 5.11 Å². The molecule has 1 aromatic carbocycles. The number of benzene rings is 1. The second kappa shape index (κ2) is 7.49. The zero-order valence-corrected chi connectivity index (χ0v) is 11.5. The first kappa shape index (κ1) is 15.1.